The molecular weight excluding hydrogens is 320 g/mol. The van der Waals surface area contributed by atoms with Crippen LogP contribution in [0.4, 0.5) is 0 Å². The van der Waals surface area contributed by atoms with Gasteiger partial charge in [0.25, 0.3) is 0 Å². The van der Waals surface area contributed by atoms with Gasteiger partial charge in [0, 0.05) is 53.9 Å². The Balaban J connectivity index is 2.00. The average Bonchev–Trinajstić information content (AvgIpc) is 2.72. The molecule has 126 valence electrons. The van der Waals surface area contributed by atoms with Gasteiger partial charge in [0.15, 0.2) is 5.65 Å². The molecule has 0 atom stereocenters. The van der Waals surface area contributed by atoms with Gasteiger partial charge < -0.3 is 5.32 Å². The van der Waals surface area contributed by atoms with E-state index in [1.807, 2.05) is 49.8 Å². The highest BCUT2D eigenvalue weighted by atomic mass is 14.8. The molecule has 1 aromatic carbocycles. The average molecular weight is 338 g/mol. The number of hydrogen-bond donors (Lipinski definition) is 1. The van der Waals surface area contributed by atoms with Crippen molar-refractivity contribution in [3.05, 3.63) is 96.6 Å². The van der Waals surface area contributed by atoms with Crippen LogP contribution in [0, 0.1) is 0 Å². The topological polar surface area (TPSA) is 50.7 Å². The second kappa shape index (κ2) is 7.15. The van der Waals surface area contributed by atoms with Gasteiger partial charge in [-0.3, -0.25) is 4.98 Å². The molecule has 0 unspecified atom stereocenters. The Morgan fingerprint density at radius 2 is 1.81 bits per heavy atom. The molecule has 4 nitrogen and oxygen atoms in total. The SMILES string of the molecule is CN/C=C(\c1cccnc1)c1cc(-c2ccccc2)nc2ncccc12. The van der Waals surface area contributed by atoms with Gasteiger partial charge in [0.1, 0.15) is 0 Å². The number of nitrogens with one attached hydrogen (secondary N) is 1. The lowest BCUT2D eigenvalue weighted by molar-refractivity contribution is 1.10. The maximum absolute atomic E-state index is 4.77. The fourth-order valence-corrected chi connectivity index (χ4v) is 3.02. The van der Waals surface area contributed by atoms with E-state index < -0.39 is 0 Å². The van der Waals surface area contributed by atoms with E-state index in [9.17, 15) is 0 Å². The van der Waals surface area contributed by atoms with Crippen LogP contribution in [0.15, 0.2) is 85.5 Å². The highest BCUT2D eigenvalue weighted by Gasteiger charge is 2.13. The zero-order valence-corrected chi connectivity index (χ0v) is 14.4. The Kier molecular flexibility index (Phi) is 4.39. The first-order chi connectivity index (χ1) is 12.9. The molecule has 0 spiro atoms. The molecule has 1 N–H and O–H groups in total. The van der Waals surface area contributed by atoms with Crippen LogP contribution in [-0.4, -0.2) is 22.0 Å². The standard InChI is InChI=1S/C22H18N4/c1-23-15-20(17-9-5-11-24-14-17)19-13-21(16-7-3-2-4-8-16)26-22-18(19)10-6-12-25-22/h2-15,23H,1H3/b20-15+. The molecule has 0 aliphatic heterocycles. The van der Waals surface area contributed by atoms with Gasteiger partial charge in [-0.25, -0.2) is 9.97 Å². The highest BCUT2D eigenvalue weighted by Crippen LogP contribution is 2.31. The molecule has 3 heterocycles. The summed E-state index contributed by atoms with van der Waals surface area (Å²) in [7, 11) is 1.90. The van der Waals surface area contributed by atoms with E-state index in [1.165, 1.54) is 0 Å². The van der Waals surface area contributed by atoms with Crippen LogP contribution in [0.2, 0.25) is 0 Å². The summed E-state index contributed by atoms with van der Waals surface area (Å²) in [5.41, 5.74) is 5.86. The van der Waals surface area contributed by atoms with Crippen molar-refractivity contribution < 1.29 is 0 Å². The fourth-order valence-electron chi connectivity index (χ4n) is 3.02. The second-order valence-corrected chi connectivity index (χ2v) is 5.88. The maximum atomic E-state index is 4.77. The van der Waals surface area contributed by atoms with Crippen LogP contribution in [0.5, 0.6) is 0 Å². The number of aromatic nitrogens is 3. The summed E-state index contributed by atoms with van der Waals surface area (Å²) in [5.74, 6) is 0. The molecule has 4 rings (SSSR count). The molecule has 0 aliphatic carbocycles. The summed E-state index contributed by atoms with van der Waals surface area (Å²) in [4.78, 5) is 13.5. The molecule has 26 heavy (non-hydrogen) atoms. The third-order valence-corrected chi connectivity index (χ3v) is 4.21. The minimum Gasteiger partial charge on any atom is -0.393 e. The molecule has 0 bridgehead atoms. The van der Waals surface area contributed by atoms with Crippen LogP contribution in [0.3, 0.4) is 0 Å². The molecule has 4 heteroatoms. The fraction of sp³-hybridized carbons (Fsp3) is 0.0455. The Morgan fingerprint density at radius 1 is 0.962 bits per heavy atom. The molecule has 0 saturated carbocycles. The summed E-state index contributed by atoms with van der Waals surface area (Å²) in [5, 5.41) is 4.17. The lowest BCUT2D eigenvalue weighted by Gasteiger charge is -2.13. The predicted molar refractivity (Wildman–Crippen MR) is 105 cm³/mol. The normalized spacial score (nSPS) is 11.5. The second-order valence-electron chi connectivity index (χ2n) is 5.88. The van der Waals surface area contributed by atoms with E-state index in [0.717, 1.165) is 39.0 Å². The lowest BCUT2D eigenvalue weighted by Crippen LogP contribution is -2.01. The summed E-state index contributed by atoms with van der Waals surface area (Å²) in [6, 6.07) is 20.3. The summed E-state index contributed by atoms with van der Waals surface area (Å²) < 4.78 is 0. The largest absolute Gasteiger partial charge is 0.393 e. The van der Waals surface area contributed by atoms with Crippen LogP contribution < -0.4 is 5.32 Å². The first-order valence-electron chi connectivity index (χ1n) is 8.46. The summed E-state index contributed by atoms with van der Waals surface area (Å²) in [6.45, 7) is 0. The highest BCUT2D eigenvalue weighted by molar-refractivity contribution is 5.96. The molecule has 0 saturated heterocycles. The first kappa shape index (κ1) is 16.0. The maximum Gasteiger partial charge on any atom is 0.160 e. The van der Waals surface area contributed by atoms with Crippen LogP contribution in [-0.2, 0) is 0 Å². The van der Waals surface area contributed by atoms with Crippen molar-refractivity contribution in [1.82, 2.24) is 20.3 Å². The minimum atomic E-state index is 0.731. The Labute approximate surface area is 152 Å². The Hall–Kier alpha value is -3.53. The zero-order chi connectivity index (χ0) is 17.8. The van der Waals surface area contributed by atoms with Crippen LogP contribution in [0.1, 0.15) is 11.1 Å². The number of hydrogen-bond acceptors (Lipinski definition) is 4. The van der Waals surface area contributed by atoms with Gasteiger partial charge in [-0.1, -0.05) is 36.4 Å². The monoisotopic (exact) mass is 338 g/mol. The molecule has 3 aromatic heterocycles. The van der Waals surface area contributed by atoms with Gasteiger partial charge in [-0.2, -0.15) is 0 Å². The van der Waals surface area contributed by atoms with Crippen molar-refractivity contribution in [3.63, 3.8) is 0 Å². The molecule has 4 aromatic rings. The van der Waals surface area contributed by atoms with Gasteiger partial charge in [-0.05, 0) is 29.8 Å². The van der Waals surface area contributed by atoms with Crippen molar-refractivity contribution in [2.45, 2.75) is 0 Å². The molecule has 0 aliphatic rings. The van der Waals surface area contributed by atoms with Crippen molar-refractivity contribution in [2.24, 2.45) is 0 Å². The van der Waals surface area contributed by atoms with Crippen molar-refractivity contribution in [1.29, 1.82) is 0 Å². The van der Waals surface area contributed by atoms with E-state index in [1.54, 1.807) is 12.4 Å². The zero-order valence-electron chi connectivity index (χ0n) is 14.4. The predicted octanol–water partition coefficient (Wildman–Crippen LogP) is 4.30. The Morgan fingerprint density at radius 3 is 2.58 bits per heavy atom. The smallest absolute Gasteiger partial charge is 0.160 e. The van der Waals surface area contributed by atoms with Crippen LogP contribution in [0.25, 0.3) is 27.9 Å². The van der Waals surface area contributed by atoms with Crippen molar-refractivity contribution >= 4 is 16.6 Å². The van der Waals surface area contributed by atoms with E-state index in [2.05, 4.69) is 45.6 Å². The quantitative estimate of drug-likeness (QED) is 0.603. The van der Waals surface area contributed by atoms with Gasteiger partial charge in [0.2, 0.25) is 0 Å². The third kappa shape index (κ3) is 3.05. The first-order valence-corrected chi connectivity index (χ1v) is 8.46. The van der Waals surface area contributed by atoms with Gasteiger partial charge in [0.05, 0.1) is 5.69 Å². The minimum absolute atomic E-state index is 0.731. The van der Waals surface area contributed by atoms with E-state index >= 15 is 0 Å². The van der Waals surface area contributed by atoms with Gasteiger partial charge in [-0.15, -0.1) is 0 Å². The Bertz CT molecular complexity index is 1060. The summed E-state index contributed by atoms with van der Waals surface area (Å²) >= 11 is 0. The van der Waals surface area contributed by atoms with E-state index in [-0.39, 0.29) is 0 Å². The molecule has 0 fully saturated rings. The number of nitrogens with zero attached hydrogens (tertiary/aromatic N) is 3. The van der Waals surface area contributed by atoms with E-state index in [4.69, 9.17) is 4.98 Å². The third-order valence-electron chi connectivity index (χ3n) is 4.21. The van der Waals surface area contributed by atoms with Gasteiger partial charge >= 0.3 is 0 Å². The van der Waals surface area contributed by atoms with Crippen molar-refractivity contribution in [2.75, 3.05) is 7.05 Å². The van der Waals surface area contributed by atoms with E-state index in [0.29, 0.717) is 0 Å². The number of fused-ring (bicyclic) bond motifs is 1. The number of rotatable bonds is 4. The lowest BCUT2D eigenvalue weighted by atomic mass is 9.96. The molecule has 0 radical (unpaired) electrons. The number of pyridine rings is 3. The molecule has 0 amide bonds. The van der Waals surface area contributed by atoms with Crippen LogP contribution >= 0.6 is 0 Å². The number of benzene rings is 1. The molecular formula is C22H18N4. The summed E-state index contributed by atoms with van der Waals surface area (Å²) in [6.07, 6.45) is 7.42. The van der Waals surface area contributed by atoms with Crippen molar-refractivity contribution in [3.8, 4) is 11.3 Å².